The summed E-state index contributed by atoms with van der Waals surface area (Å²) >= 11 is 12.3. The molecular weight excluding hydrogens is 703 g/mol. The molecule has 4 N–H and O–H groups in total. The molecule has 0 saturated carbocycles. The molecule has 262 valence electrons. The van der Waals surface area contributed by atoms with Crippen molar-refractivity contribution in [3.63, 3.8) is 0 Å². The average molecular weight is 740 g/mol. The normalized spacial score (nSPS) is 14.1. The molecule has 50 heavy (non-hydrogen) atoms. The Balaban J connectivity index is 1.24. The molecule has 4 aromatic rings. The van der Waals surface area contributed by atoms with E-state index in [4.69, 9.17) is 23.2 Å². The highest BCUT2D eigenvalue weighted by atomic mass is 35.5. The van der Waals surface area contributed by atoms with Crippen LogP contribution in [-0.2, 0) is 30.8 Å². The van der Waals surface area contributed by atoms with Gasteiger partial charge in [0.15, 0.2) is 0 Å². The summed E-state index contributed by atoms with van der Waals surface area (Å²) in [6.07, 6.45) is -0.644. The van der Waals surface area contributed by atoms with E-state index in [1.165, 1.54) is 16.4 Å². The standard InChI is InChI=1S/C36H36Cl2N4O7S/c37-27-13-9-25(10-14-27)35(26-11-15-28(38)16-12-26)41-22-30(23-41)42(29-7-4-8-31(43)20-29)50(48,49)18-17-39-33(44)21-34(45)40-32(36(46)47)19-24-5-2-1-3-6-24/h1-16,20,30,32,35,43H,17-19,21-23H2,(H,39,44)(H,40,45)(H,46,47). The maximum atomic E-state index is 13.9. The zero-order chi connectivity index (χ0) is 35.8. The summed E-state index contributed by atoms with van der Waals surface area (Å²) in [5, 5.41) is 25.7. The second kappa shape index (κ2) is 16.4. The molecule has 1 aliphatic rings. The number of carboxylic acids is 1. The van der Waals surface area contributed by atoms with E-state index in [1.807, 2.05) is 24.3 Å². The summed E-state index contributed by atoms with van der Waals surface area (Å²) in [4.78, 5) is 38.9. The van der Waals surface area contributed by atoms with Crippen LogP contribution in [0.3, 0.4) is 0 Å². The summed E-state index contributed by atoms with van der Waals surface area (Å²) in [6, 6.07) is 27.6. The number of carbonyl (C=O) groups excluding carboxylic acids is 2. The minimum atomic E-state index is -4.06. The zero-order valence-corrected chi connectivity index (χ0v) is 29.1. The number of phenols is 1. The number of likely N-dealkylation sites (tertiary alicyclic amines) is 1. The average Bonchev–Trinajstić information content (AvgIpc) is 3.05. The molecule has 0 bridgehead atoms. The number of rotatable bonds is 15. The molecule has 0 radical (unpaired) electrons. The molecule has 4 aromatic carbocycles. The van der Waals surface area contributed by atoms with Crippen molar-refractivity contribution in [2.24, 2.45) is 0 Å². The molecule has 1 unspecified atom stereocenters. The van der Waals surface area contributed by atoms with Crippen molar-refractivity contribution >= 4 is 56.7 Å². The van der Waals surface area contributed by atoms with Crippen molar-refractivity contribution in [1.82, 2.24) is 15.5 Å². The molecule has 1 saturated heterocycles. The summed E-state index contributed by atoms with van der Waals surface area (Å²) < 4.78 is 29.0. The van der Waals surface area contributed by atoms with Crippen molar-refractivity contribution in [1.29, 1.82) is 0 Å². The second-order valence-corrected chi connectivity index (χ2v) is 14.8. The van der Waals surface area contributed by atoms with Gasteiger partial charge in [-0.2, -0.15) is 0 Å². The van der Waals surface area contributed by atoms with Crippen LogP contribution in [0.1, 0.15) is 29.2 Å². The van der Waals surface area contributed by atoms with Crippen LogP contribution in [0.25, 0.3) is 0 Å². The molecule has 0 spiro atoms. The number of sulfonamides is 1. The first-order chi connectivity index (χ1) is 23.9. The summed E-state index contributed by atoms with van der Waals surface area (Å²) in [7, 11) is -4.06. The minimum absolute atomic E-state index is 0.0331. The highest BCUT2D eigenvalue weighted by Gasteiger charge is 2.42. The first-order valence-electron chi connectivity index (χ1n) is 15.8. The molecule has 1 atom stereocenters. The number of hydrogen-bond donors (Lipinski definition) is 4. The molecule has 2 amide bonds. The van der Waals surface area contributed by atoms with Crippen LogP contribution in [0.2, 0.25) is 10.0 Å². The fraction of sp³-hybridized carbons (Fsp3) is 0.250. The SMILES string of the molecule is O=C(CC(=O)NC(Cc1ccccc1)C(=O)O)NCCS(=O)(=O)N(c1cccc(O)c1)C1CN(C(c2ccc(Cl)cc2)c2ccc(Cl)cc2)C1. The highest BCUT2D eigenvalue weighted by Crippen LogP contribution is 2.37. The van der Waals surface area contributed by atoms with E-state index in [9.17, 15) is 33.0 Å². The van der Waals surface area contributed by atoms with Gasteiger partial charge in [0, 0.05) is 42.2 Å². The third-order valence-corrected chi connectivity index (χ3v) is 10.6. The van der Waals surface area contributed by atoms with Crippen LogP contribution in [0, 0.1) is 0 Å². The van der Waals surface area contributed by atoms with E-state index in [0.29, 0.717) is 28.7 Å². The topological polar surface area (TPSA) is 156 Å². The van der Waals surface area contributed by atoms with Crippen LogP contribution in [0.4, 0.5) is 5.69 Å². The van der Waals surface area contributed by atoms with Gasteiger partial charge in [-0.05, 0) is 53.1 Å². The van der Waals surface area contributed by atoms with Gasteiger partial charge in [0.25, 0.3) is 0 Å². The van der Waals surface area contributed by atoms with Gasteiger partial charge in [-0.1, -0.05) is 83.9 Å². The second-order valence-electron chi connectivity index (χ2n) is 11.9. The fourth-order valence-electron chi connectivity index (χ4n) is 5.90. The molecule has 0 aliphatic carbocycles. The number of nitrogens with zero attached hydrogens (tertiary/aromatic N) is 2. The Labute approximate surface area is 300 Å². The lowest BCUT2D eigenvalue weighted by atomic mass is 9.93. The minimum Gasteiger partial charge on any atom is -0.508 e. The first kappa shape index (κ1) is 36.7. The van der Waals surface area contributed by atoms with Gasteiger partial charge in [-0.15, -0.1) is 0 Å². The Hall–Kier alpha value is -4.62. The van der Waals surface area contributed by atoms with Gasteiger partial charge < -0.3 is 20.8 Å². The molecule has 1 fully saturated rings. The number of carbonyl (C=O) groups is 3. The quantitative estimate of drug-likeness (QED) is 0.129. The number of phenolic OH excluding ortho intramolecular Hbond substituents is 1. The molecular formula is C36H36Cl2N4O7S. The Morgan fingerprint density at radius 1 is 0.840 bits per heavy atom. The lowest BCUT2D eigenvalue weighted by Crippen LogP contribution is -2.62. The molecule has 1 heterocycles. The number of hydrogen-bond acceptors (Lipinski definition) is 7. The van der Waals surface area contributed by atoms with E-state index in [1.54, 1.807) is 66.7 Å². The molecule has 5 rings (SSSR count). The maximum absolute atomic E-state index is 13.9. The van der Waals surface area contributed by atoms with Crippen LogP contribution in [-0.4, -0.2) is 78.8 Å². The van der Waals surface area contributed by atoms with Crippen molar-refractivity contribution in [3.8, 4) is 5.75 Å². The number of benzene rings is 4. The molecule has 11 nitrogen and oxygen atoms in total. The van der Waals surface area contributed by atoms with Gasteiger partial charge in [0.1, 0.15) is 18.2 Å². The summed E-state index contributed by atoms with van der Waals surface area (Å²) in [5.41, 5.74) is 2.89. The van der Waals surface area contributed by atoms with Crippen molar-refractivity contribution in [2.45, 2.75) is 31.0 Å². The van der Waals surface area contributed by atoms with Crippen molar-refractivity contribution in [3.05, 3.63) is 130 Å². The third-order valence-electron chi connectivity index (χ3n) is 8.26. The zero-order valence-electron chi connectivity index (χ0n) is 26.8. The number of aliphatic carboxylic acids is 1. The van der Waals surface area contributed by atoms with E-state index in [2.05, 4.69) is 15.5 Å². The summed E-state index contributed by atoms with van der Waals surface area (Å²) in [5.74, 6) is -3.40. The predicted octanol–water partition coefficient (Wildman–Crippen LogP) is 4.63. The monoisotopic (exact) mass is 738 g/mol. The number of carboxylic acid groups (broad SMARTS) is 1. The van der Waals surface area contributed by atoms with Gasteiger partial charge in [-0.25, -0.2) is 13.2 Å². The number of anilines is 1. The van der Waals surface area contributed by atoms with Gasteiger partial charge in [0.2, 0.25) is 21.8 Å². The third kappa shape index (κ3) is 9.54. The van der Waals surface area contributed by atoms with Gasteiger partial charge in [0.05, 0.1) is 23.5 Å². The smallest absolute Gasteiger partial charge is 0.326 e. The Bertz CT molecular complexity index is 1860. The number of aromatic hydroxyl groups is 1. The lowest BCUT2D eigenvalue weighted by Gasteiger charge is -2.49. The van der Waals surface area contributed by atoms with Gasteiger partial charge in [-0.3, -0.25) is 18.8 Å². The Morgan fingerprint density at radius 2 is 1.44 bits per heavy atom. The van der Waals surface area contributed by atoms with E-state index < -0.39 is 52.1 Å². The van der Waals surface area contributed by atoms with Crippen LogP contribution in [0.15, 0.2) is 103 Å². The number of halogens is 2. The lowest BCUT2D eigenvalue weighted by molar-refractivity contribution is -0.142. The van der Waals surface area contributed by atoms with E-state index in [-0.39, 0.29) is 30.4 Å². The molecule has 1 aliphatic heterocycles. The predicted molar refractivity (Wildman–Crippen MR) is 192 cm³/mol. The van der Waals surface area contributed by atoms with Crippen LogP contribution in [0.5, 0.6) is 5.75 Å². The molecule has 14 heteroatoms. The number of nitrogens with one attached hydrogen (secondary N) is 2. The Morgan fingerprint density at radius 3 is 2.00 bits per heavy atom. The van der Waals surface area contributed by atoms with E-state index in [0.717, 1.165) is 11.1 Å². The highest BCUT2D eigenvalue weighted by molar-refractivity contribution is 7.92. The van der Waals surface area contributed by atoms with Crippen LogP contribution >= 0.6 is 23.2 Å². The van der Waals surface area contributed by atoms with E-state index >= 15 is 0 Å². The maximum Gasteiger partial charge on any atom is 0.326 e. The Kier molecular flexibility index (Phi) is 12.0. The summed E-state index contributed by atoms with van der Waals surface area (Å²) in [6.45, 7) is 0.404. The molecule has 0 aromatic heterocycles. The fourth-order valence-corrected chi connectivity index (χ4v) is 7.73. The van der Waals surface area contributed by atoms with Crippen molar-refractivity contribution in [2.75, 3.05) is 29.7 Å². The van der Waals surface area contributed by atoms with Gasteiger partial charge >= 0.3 is 5.97 Å². The van der Waals surface area contributed by atoms with Crippen LogP contribution < -0.4 is 14.9 Å². The number of amides is 2. The largest absolute Gasteiger partial charge is 0.508 e. The first-order valence-corrected chi connectivity index (χ1v) is 18.1. The van der Waals surface area contributed by atoms with Crippen molar-refractivity contribution < 1.29 is 33.0 Å².